The first kappa shape index (κ1) is 19.3. The van der Waals surface area contributed by atoms with Crippen molar-refractivity contribution in [3.63, 3.8) is 0 Å². The minimum absolute atomic E-state index is 0.251. The Kier molecular flexibility index (Phi) is 6.18. The molecule has 0 aliphatic carbocycles. The van der Waals surface area contributed by atoms with E-state index >= 15 is 0 Å². The molecule has 28 heavy (non-hydrogen) atoms. The van der Waals surface area contributed by atoms with Gasteiger partial charge in [-0.2, -0.15) is 0 Å². The number of ether oxygens (including phenoxy) is 1. The summed E-state index contributed by atoms with van der Waals surface area (Å²) in [5, 5.41) is 5.86. The molecule has 0 unspecified atom stereocenters. The quantitative estimate of drug-likeness (QED) is 0.666. The van der Waals surface area contributed by atoms with E-state index in [1.54, 1.807) is 36.7 Å². The van der Waals surface area contributed by atoms with Gasteiger partial charge in [-0.25, -0.2) is 0 Å². The molecule has 0 bridgehead atoms. The lowest BCUT2D eigenvalue weighted by Gasteiger charge is -2.09. The lowest BCUT2D eigenvalue weighted by Crippen LogP contribution is -2.23. The molecule has 3 aromatic rings. The Bertz CT molecular complexity index is 996. The van der Waals surface area contributed by atoms with Crippen molar-refractivity contribution in [1.29, 1.82) is 0 Å². The third kappa shape index (κ3) is 4.83. The van der Waals surface area contributed by atoms with Crippen LogP contribution in [-0.4, -0.2) is 28.9 Å². The molecular formula is C20H17ClN4O3. The maximum atomic E-state index is 12.5. The molecule has 0 spiro atoms. The highest BCUT2D eigenvalue weighted by molar-refractivity contribution is 6.32. The molecule has 2 aromatic heterocycles. The van der Waals surface area contributed by atoms with E-state index in [1.165, 1.54) is 25.6 Å². The summed E-state index contributed by atoms with van der Waals surface area (Å²) < 4.78 is 5.08. The summed E-state index contributed by atoms with van der Waals surface area (Å²) >= 11 is 6.07. The van der Waals surface area contributed by atoms with E-state index in [4.69, 9.17) is 16.3 Å². The predicted molar refractivity (Wildman–Crippen MR) is 106 cm³/mol. The fourth-order valence-corrected chi connectivity index (χ4v) is 2.68. The Morgan fingerprint density at radius 2 is 1.82 bits per heavy atom. The van der Waals surface area contributed by atoms with Gasteiger partial charge in [0.05, 0.1) is 23.3 Å². The summed E-state index contributed by atoms with van der Waals surface area (Å²) in [5.41, 5.74) is 1.90. The Labute approximate surface area is 166 Å². The summed E-state index contributed by atoms with van der Waals surface area (Å²) in [4.78, 5) is 32.8. The van der Waals surface area contributed by atoms with Crippen LogP contribution >= 0.6 is 11.6 Å². The van der Waals surface area contributed by atoms with Crippen molar-refractivity contribution < 1.29 is 14.3 Å². The largest absolute Gasteiger partial charge is 0.495 e. The molecule has 0 saturated carbocycles. The second-order valence-electron chi connectivity index (χ2n) is 5.81. The van der Waals surface area contributed by atoms with Crippen molar-refractivity contribution in [2.45, 2.75) is 6.54 Å². The van der Waals surface area contributed by atoms with Crippen LogP contribution in [0.25, 0.3) is 0 Å². The monoisotopic (exact) mass is 396 g/mol. The average Bonchev–Trinajstić information content (AvgIpc) is 2.73. The first-order chi connectivity index (χ1) is 13.6. The maximum Gasteiger partial charge on any atom is 0.257 e. The molecule has 0 radical (unpaired) electrons. The van der Waals surface area contributed by atoms with Crippen molar-refractivity contribution in [2.75, 3.05) is 12.4 Å². The van der Waals surface area contributed by atoms with Crippen molar-refractivity contribution in [3.05, 3.63) is 82.9 Å². The number of nitrogens with zero attached hydrogens (tertiary/aromatic N) is 2. The molecule has 2 N–H and O–H groups in total. The maximum absolute atomic E-state index is 12.5. The predicted octanol–water partition coefficient (Wildman–Crippen LogP) is 3.32. The first-order valence-electron chi connectivity index (χ1n) is 8.34. The van der Waals surface area contributed by atoms with E-state index in [9.17, 15) is 9.59 Å². The number of halogens is 1. The van der Waals surface area contributed by atoms with Crippen LogP contribution < -0.4 is 15.4 Å². The lowest BCUT2D eigenvalue weighted by molar-refractivity contribution is 0.0950. The molecule has 8 heteroatoms. The summed E-state index contributed by atoms with van der Waals surface area (Å²) in [7, 11) is 1.51. The number of methoxy groups -OCH3 is 1. The summed E-state index contributed by atoms with van der Waals surface area (Å²) in [6.07, 6.45) is 6.12. The van der Waals surface area contributed by atoms with Crippen molar-refractivity contribution in [2.24, 2.45) is 0 Å². The summed E-state index contributed by atoms with van der Waals surface area (Å²) in [6, 6.07) is 10.0. The first-order valence-corrected chi connectivity index (χ1v) is 8.71. The SMILES string of the molecule is COc1ccc(NC(=O)c2cncc(C(=O)NCc3cccnc3)c2)cc1Cl. The molecule has 0 aliphatic heterocycles. The number of pyridine rings is 2. The van der Waals surface area contributed by atoms with Gasteiger partial charge in [0, 0.05) is 37.0 Å². The molecule has 0 atom stereocenters. The van der Waals surface area contributed by atoms with Crippen LogP contribution in [0, 0.1) is 0 Å². The fourth-order valence-electron chi connectivity index (χ4n) is 2.42. The Balaban J connectivity index is 1.67. The van der Waals surface area contributed by atoms with Crippen molar-refractivity contribution in [1.82, 2.24) is 15.3 Å². The number of carbonyl (C=O) groups excluding carboxylic acids is 2. The molecule has 142 valence electrons. The number of anilines is 1. The van der Waals surface area contributed by atoms with Crippen LogP contribution in [-0.2, 0) is 6.54 Å². The Morgan fingerprint density at radius 3 is 2.50 bits per heavy atom. The molecule has 2 heterocycles. The number of hydrogen-bond acceptors (Lipinski definition) is 5. The van der Waals surface area contributed by atoms with Crippen LogP contribution in [0.2, 0.25) is 5.02 Å². The minimum atomic E-state index is -0.407. The number of aromatic nitrogens is 2. The van der Waals surface area contributed by atoms with Crippen LogP contribution in [0.4, 0.5) is 5.69 Å². The Morgan fingerprint density at radius 1 is 1.04 bits per heavy atom. The molecule has 2 amide bonds. The third-order valence-electron chi connectivity index (χ3n) is 3.85. The summed E-state index contributed by atoms with van der Waals surface area (Å²) in [5.74, 6) is -0.234. The van der Waals surface area contributed by atoms with Gasteiger partial charge in [-0.1, -0.05) is 17.7 Å². The van der Waals surface area contributed by atoms with Crippen LogP contribution in [0.5, 0.6) is 5.75 Å². The van der Waals surface area contributed by atoms with E-state index in [1.807, 2.05) is 6.07 Å². The fraction of sp³-hybridized carbons (Fsp3) is 0.100. The number of benzene rings is 1. The number of carbonyl (C=O) groups is 2. The normalized spacial score (nSPS) is 10.2. The zero-order chi connectivity index (χ0) is 19.9. The van der Waals surface area contributed by atoms with Crippen LogP contribution in [0.15, 0.2) is 61.2 Å². The lowest BCUT2D eigenvalue weighted by atomic mass is 10.1. The number of nitrogens with one attached hydrogen (secondary N) is 2. The summed E-state index contributed by atoms with van der Waals surface area (Å²) in [6.45, 7) is 0.327. The van der Waals surface area contributed by atoms with Gasteiger partial charge in [-0.05, 0) is 35.9 Å². The highest BCUT2D eigenvalue weighted by Gasteiger charge is 2.12. The van der Waals surface area contributed by atoms with E-state index in [2.05, 4.69) is 20.6 Å². The van der Waals surface area contributed by atoms with Gasteiger partial charge in [0.1, 0.15) is 5.75 Å². The standard InChI is InChI=1S/C20H17ClN4O3/c1-28-18-5-4-16(8-17(18)21)25-20(27)15-7-14(11-23-12-15)19(26)24-10-13-3-2-6-22-9-13/h2-9,11-12H,10H2,1H3,(H,24,26)(H,25,27). The zero-order valence-corrected chi connectivity index (χ0v) is 15.7. The number of amides is 2. The third-order valence-corrected chi connectivity index (χ3v) is 4.14. The molecule has 0 fully saturated rings. The number of hydrogen-bond donors (Lipinski definition) is 2. The van der Waals surface area contributed by atoms with E-state index < -0.39 is 5.91 Å². The van der Waals surface area contributed by atoms with E-state index in [0.29, 0.717) is 23.0 Å². The molecule has 1 aromatic carbocycles. The Hall–Kier alpha value is -3.45. The van der Waals surface area contributed by atoms with E-state index in [0.717, 1.165) is 5.56 Å². The van der Waals surface area contributed by atoms with Crippen LogP contribution in [0.1, 0.15) is 26.3 Å². The molecule has 0 saturated heterocycles. The highest BCUT2D eigenvalue weighted by atomic mass is 35.5. The van der Waals surface area contributed by atoms with Gasteiger partial charge in [0.2, 0.25) is 0 Å². The zero-order valence-electron chi connectivity index (χ0n) is 15.0. The molecule has 0 aliphatic rings. The van der Waals surface area contributed by atoms with E-state index in [-0.39, 0.29) is 17.0 Å². The molecule has 3 rings (SSSR count). The van der Waals surface area contributed by atoms with Gasteiger partial charge in [-0.3, -0.25) is 19.6 Å². The second kappa shape index (κ2) is 8.96. The van der Waals surface area contributed by atoms with Gasteiger partial charge in [0.25, 0.3) is 11.8 Å². The number of rotatable bonds is 6. The van der Waals surface area contributed by atoms with Gasteiger partial charge in [-0.15, -0.1) is 0 Å². The van der Waals surface area contributed by atoms with Gasteiger partial charge in [0.15, 0.2) is 0 Å². The second-order valence-corrected chi connectivity index (χ2v) is 6.22. The van der Waals surface area contributed by atoms with Crippen molar-refractivity contribution in [3.8, 4) is 5.75 Å². The topological polar surface area (TPSA) is 93.2 Å². The smallest absolute Gasteiger partial charge is 0.257 e. The van der Waals surface area contributed by atoms with Crippen LogP contribution in [0.3, 0.4) is 0 Å². The van der Waals surface area contributed by atoms with Crippen molar-refractivity contribution >= 4 is 29.1 Å². The van der Waals surface area contributed by atoms with Gasteiger partial charge < -0.3 is 15.4 Å². The molecular weight excluding hydrogens is 380 g/mol. The molecule has 7 nitrogen and oxygen atoms in total. The van der Waals surface area contributed by atoms with Gasteiger partial charge >= 0.3 is 0 Å². The average molecular weight is 397 g/mol. The highest BCUT2D eigenvalue weighted by Crippen LogP contribution is 2.27. The minimum Gasteiger partial charge on any atom is -0.495 e.